The highest BCUT2D eigenvalue weighted by Crippen LogP contribution is 2.15. The Balaban J connectivity index is 1.74. The number of nitrogens with one attached hydrogen (secondary N) is 1. The molecule has 21 heavy (non-hydrogen) atoms. The van der Waals surface area contributed by atoms with Gasteiger partial charge >= 0.3 is 0 Å². The van der Waals surface area contributed by atoms with Gasteiger partial charge in [-0.1, -0.05) is 0 Å². The highest BCUT2D eigenvalue weighted by Gasteiger charge is 2.22. The number of nitrogens with zero attached hydrogens (tertiary/aromatic N) is 3. The number of nitro groups is 1. The average Bonchev–Trinajstić information content (AvgIpc) is 2.92. The number of aromatic nitrogens is 2. The molecule has 1 saturated heterocycles. The molecule has 1 N–H and O–H groups in total. The van der Waals surface area contributed by atoms with Gasteiger partial charge in [0.25, 0.3) is 11.6 Å². The fourth-order valence-electron chi connectivity index (χ4n) is 1.89. The molecule has 108 valence electrons. The number of benzene rings is 1. The molecule has 8 heteroatoms. The zero-order chi connectivity index (χ0) is 14.8. The number of carbonyl (C=O) groups excluding carboxylic acids is 1. The Labute approximate surface area is 119 Å². The lowest BCUT2D eigenvalue weighted by atomic mass is 10.2. The van der Waals surface area contributed by atoms with E-state index < -0.39 is 4.92 Å². The maximum Gasteiger partial charge on any atom is 0.272 e. The van der Waals surface area contributed by atoms with E-state index in [0.29, 0.717) is 24.6 Å². The molecule has 1 aliphatic rings. The number of rotatable bonds is 4. The van der Waals surface area contributed by atoms with Gasteiger partial charge in [0, 0.05) is 18.3 Å². The summed E-state index contributed by atoms with van der Waals surface area (Å²) >= 11 is 0. The quantitative estimate of drug-likeness (QED) is 0.666. The third-order valence-electron chi connectivity index (χ3n) is 3.12. The summed E-state index contributed by atoms with van der Waals surface area (Å²) in [6.45, 7) is 1.05. The number of carbonyl (C=O) groups is 1. The van der Waals surface area contributed by atoms with Gasteiger partial charge in [-0.05, 0) is 18.2 Å². The van der Waals surface area contributed by atoms with Crippen molar-refractivity contribution in [1.82, 2.24) is 15.1 Å². The van der Waals surface area contributed by atoms with Crippen LogP contribution in [-0.4, -0.2) is 39.9 Å². The Morgan fingerprint density at radius 1 is 1.33 bits per heavy atom. The van der Waals surface area contributed by atoms with Crippen LogP contribution in [0.3, 0.4) is 0 Å². The van der Waals surface area contributed by atoms with Crippen LogP contribution in [0.15, 0.2) is 36.5 Å². The highest BCUT2D eigenvalue weighted by atomic mass is 16.6. The lowest BCUT2D eigenvalue weighted by molar-refractivity contribution is -0.384. The minimum Gasteiger partial charge on any atom is -0.377 e. The van der Waals surface area contributed by atoms with Crippen molar-refractivity contribution >= 4 is 11.6 Å². The number of hydrogen-bond donors (Lipinski definition) is 1. The molecule has 8 nitrogen and oxygen atoms in total. The molecular formula is C13H12N4O4. The summed E-state index contributed by atoms with van der Waals surface area (Å²) in [5.74, 6) is -0.260. The molecule has 1 aromatic heterocycles. The van der Waals surface area contributed by atoms with Crippen LogP contribution in [-0.2, 0) is 4.74 Å². The molecule has 0 saturated carbocycles. The predicted octanol–water partition coefficient (Wildman–Crippen LogP) is 0.909. The van der Waals surface area contributed by atoms with Crippen LogP contribution in [0.4, 0.5) is 5.69 Å². The maximum absolute atomic E-state index is 11.9. The predicted molar refractivity (Wildman–Crippen MR) is 72.3 cm³/mol. The molecule has 1 amide bonds. The Morgan fingerprint density at radius 2 is 2.05 bits per heavy atom. The number of hydrogen-bond acceptors (Lipinski definition) is 5. The molecule has 0 spiro atoms. The first-order valence-electron chi connectivity index (χ1n) is 6.32. The zero-order valence-corrected chi connectivity index (χ0v) is 10.9. The van der Waals surface area contributed by atoms with Crippen LogP contribution in [0.2, 0.25) is 0 Å². The van der Waals surface area contributed by atoms with E-state index in [2.05, 4.69) is 10.4 Å². The van der Waals surface area contributed by atoms with E-state index in [4.69, 9.17) is 4.74 Å². The summed E-state index contributed by atoms with van der Waals surface area (Å²) in [4.78, 5) is 22.0. The molecule has 1 aromatic carbocycles. The van der Waals surface area contributed by atoms with Gasteiger partial charge in [0.15, 0.2) is 5.69 Å². The Hall–Kier alpha value is -2.74. The monoisotopic (exact) mass is 288 g/mol. The second-order valence-corrected chi connectivity index (χ2v) is 4.63. The smallest absolute Gasteiger partial charge is 0.272 e. The summed E-state index contributed by atoms with van der Waals surface area (Å²) in [6, 6.07) is 7.57. The van der Waals surface area contributed by atoms with Crippen molar-refractivity contribution in [3.8, 4) is 5.69 Å². The first-order valence-corrected chi connectivity index (χ1v) is 6.32. The van der Waals surface area contributed by atoms with E-state index in [1.54, 1.807) is 24.4 Å². The molecule has 0 atom stereocenters. The molecule has 2 heterocycles. The van der Waals surface area contributed by atoms with Crippen LogP contribution < -0.4 is 5.32 Å². The molecule has 3 rings (SSSR count). The van der Waals surface area contributed by atoms with Gasteiger partial charge in [0.1, 0.15) is 0 Å². The molecule has 0 bridgehead atoms. The third-order valence-corrected chi connectivity index (χ3v) is 3.12. The van der Waals surface area contributed by atoms with E-state index in [1.165, 1.54) is 16.8 Å². The second-order valence-electron chi connectivity index (χ2n) is 4.63. The number of amides is 1. The number of ether oxygens (including phenoxy) is 1. The van der Waals surface area contributed by atoms with Crippen molar-refractivity contribution in [3.05, 3.63) is 52.3 Å². The second kappa shape index (κ2) is 5.33. The van der Waals surface area contributed by atoms with Gasteiger partial charge in [-0.15, -0.1) is 0 Å². The average molecular weight is 288 g/mol. The van der Waals surface area contributed by atoms with Crippen LogP contribution in [0.5, 0.6) is 0 Å². The largest absolute Gasteiger partial charge is 0.377 e. The lowest BCUT2D eigenvalue weighted by Crippen LogP contribution is -2.48. The Bertz CT molecular complexity index is 676. The maximum atomic E-state index is 11.9. The molecule has 0 radical (unpaired) electrons. The van der Waals surface area contributed by atoms with Gasteiger partial charge < -0.3 is 10.1 Å². The van der Waals surface area contributed by atoms with E-state index in [9.17, 15) is 14.9 Å². The molecule has 1 fully saturated rings. The first kappa shape index (κ1) is 13.3. The van der Waals surface area contributed by atoms with Crippen molar-refractivity contribution < 1.29 is 14.5 Å². The number of nitro benzene ring substituents is 1. The van der Waals surface area contributed by atoms with Crippen LogP contribution in [0.25, 0.3) is 5.69 Å². The third kappa shape index (κ3) is 2.75. The molecule has 1 aliphatic heterocycles. The van der Waals surface area contributed by atoms with Crippen molar-refractivity contribution in [2.24, 2.45) is 0 Å². The van der Waals surface area contributed by atoms with Crippen LogP contribution in [0.1, 0.15) is 10.5 Å². The number of non-ortho nitro benzene ring substituents is 1. The summed E-state index contributed by atoms with van der Waals surface area (Å²) in [5.41, 5.74) is 0.945. The minimum absolute atomic E-state index is 0.00820. The Morgan fingerprint density at radius 3 is 2.62 bits per heavy atom. The molecule has 0 unspecified atom stereocenters. The zero-order valence-electron chi connectivity index (χ0n) is 10.9. The van der Waals surface area contributed by atoms with E-state index in [1.807, 2.05) is 0 Å². The van der Waals surface area contributed by atoms with Gasteiger partial charge in [0.2, 0.25) is 0 Å². The van der Waals surface area contributed by atoms with Gasteiger partial charge in [-0.25, -0.2) is 4.68 Å². The first-order chi connectivity index (χ1) is 10.1. The van der Waals surface area contributed by atoms with Crippen molar-refractivity contribution in [2.45, 2.75) is 6.04 Å². The van der Waals surface area contributed by atoms with Crippen molar-refractivity contribution in [3.63, 3.8) is 0 Å². The van der Waals surface area contributed by atoms with Crippen LogP contribution >= 0.6 is 0 Å². The van der Waals surface area contributed by atoms with Crippen molar-refractivity contribution in [1.29, 1.82) is 0 Å². The van der Waals surface area contributed by atoms with Crippen molar-refractivity contribution in [2.75, 3.05) is 13.2 Å². The van der Waals surface area contributed by atoms with Gasteiger partial charge in [-0.2, -0.15) is 5.10 Å². The summed E-state index contributed by atoms with van der Waals surface area (Å²) in [6.07, 6.45) is 1.63. The summed E-state index contributed by atoms with van der Waals surface area (Å²) in [7, 11) is 0. The van der Waals surface area contributed by atoms with E-state index in [0.717, 1.165) is 0 Å². The minimum atomic E-state index is -0.466. The summed E-state index contributed by atoms with van der Waals surface area (Å²) in [5, 5.41) is 17.6. The van der Waals surface area contributed by atoms with Gasteiger partial charge in [0.05, 0.1) is 29.9 Å². The van der Waals surface area contributed by atoms with E-state index >= 15 is 0 Å². The van der Waals surface area contributed by atoms with E-state index in [-0.39, 0.29) is 17.6 Å². The molecular weight excluding hydrogens is 276 g/mol. The Kier molecular flexibility index (Phi) is 3.36. The van der Waals surface area contributed by atoms with Crippen LogP contribution in [0, 0.1) is 10.1 Å². The standard InChI is InChI=1S/C13H12N4O4/c18-13(14-9-7-21-8-9)12-5-6-16(15-12)10-1-3-11(4-2-10)17(19)20/h1-6,9H,7-8H2,(H,14,18). The lowest BCUT2D eigenvalue weighted by Gasteiger charge is -2.26. The molecule has 2 aromatic rings. The summed E-state index contributed by atoms with van der Waals surface area (Å²) < 4.78 is 6.48. The molecule has 0 aliphatic carbocycles. The normalized spacial score (nSPS) is 14.5. The highest BCUT2D eigenvalue weighted by molar-refractivity contribution is 5.92. The fraction of sp³-hybridized carbons (Fsp3) is 0.231. The SMILES string of the molecule is O=C(NC1COC1)c1ccn(-c2ccc([N+](=O)[O-])cc2)n1. The topological polar surface area (TPSA) is 99.3 Å². The van der Waals surface area contributed by atoms with Gasteiger partial charge in [-0.3, -0.25) is 14.9 Å². The fourth-order valence-corrected chi connectivity index (χ4v) is 1.89.